The van der Waals surface area contributed by atoms with Gasteiger partial charge in [0.1, 0.15) is 5.54 Å². The number of hydrogen-bond acceptors (Lipinski definition) is 3. The lowest BCUT2D eigenvalue weighted by Gasteiger charge is -2.27. The van der Waals surface area contributed by atoms with Gasteiger partial charge in [-0.3, -0.25) is 4.79 Å². The highest BCUT2D eigenvalue weighted by Gasteiger charge is 2.36. The molecule has 1 unspecified atom stereocenters. The van der Waals surface area contributed by atoms with Gasteiger partial charge in [-0.2, -0.15) is 0 Å². The smallest absolute Gasteiger partial charge is 0.238 e. The van der Waals surface area contributed by atoms with Crippen LogP contribution in [0.25, 0.3) is 0 Å². The summed E-state index contributed by atoms with van der Waals surface area (Å²) < 4.78 is 0. The van der Waals surface area contributed by atoms with Crippen molar-refractivity contribution >= 4 is 29.3 Å². The van der Waals surface area contributed by atoms with Gasteiger partial charge in [0.2, 0.25) is 5.91 Å². The van der Waals surface area contributed by atoms with Crippen LogP contribution in [0.5, 0.6) is 0 Å². The summed E-state index contributed by atoms with van der Waals surface area (Å²) in [6.07, 6.45) is 2.27. The maximum absolute atomic E-state index is 11.6. The van der Waals surface area contributed by atoms with Crippen LogP contribution in [0.15, 0.2) is 29.2 Å². The molecule has 0 heterocycles. The van der Waals surface area contributed by atoms with Crippen molar-refractivity contribution in [2.45, 2.75) is 36.2 Å². The van der Waals surface area contributed by atoms with Crippen molar-refractivity contribution in [1.29, 1.82) is 0 Å². The summed E-state index contributed by atoms with van der Waals surface area (Å²) in [5.41, 5.74) is 4.85. The van der Waals surface area contributed by atoms with E-state index in [1.165, 1.54) is 0 Å². The fourth-order valence-electron chi connectivity index (χ4n) is 1.62. The number of halogens is 1. The Morgan fingerprint density at radius 1 is 1.50 bits per heavy atom. The topological polar surface area (TPSA) is 55.1 Å². The van der Waals surface area contributed by atoms with E-state index in [-0.39, 0.29) is 5.91 Å². The molecule has 2 rings (SSSR count). The number of primary amides is 1. The number of rotatable bonds is 6. The Morgan fingerprint density at radius 3 is 2.61 bits per heavy atom. The second-order valence-corrected chi connectivity index (χ2v) is 6.34. The number of hydrogen-bond donors (Lipinski definition) is 2. The van der Waals surface area contributed by atoms with Gasteiger partial charge in [-0.05, 0) is 44.0 Å². The van der Waals surface area contributed by atoms with Gasteiger partial charge >= 0.3 is 0 Å². The van der Waals surface area contributed by atoms with E-state index >= 15 is 0 Å². The van der Waals surface area contributed by atoms with Crippen LogP contribution in [-0.2, 0) is 4.79 Å². The van der Waals surface area contributed by atoms with Gasteiger partial charge in [-0.25, -0.2) is 0 Å². The average Bonchev–Trinajstić information content (AvgIpc) is 3.12. The first-order valence-electron chi connectivity index (χ1n) is 5.95. The van der Waals surface area contributed by atoms with Gasteiger partial charge in [0.05, 0.1) is 0 Å². The van der Waals surface area contributed by atoms with Crippen molar-refractivity contribution in [1.82, 2.24) is 5.32 Å². The molecule has 1 saturated carbocycles. The van der Waals surface area contributed by atoms with Crippen LogP contribution in [0, 0.1) is 0 Å². The van der Waals surface area contributed by atoms with Crippen molar-refractivity contribution < 1.29 is 4.79 Å². The zero-order chi connectivity index (χ0) is 13.2. The number of benzene rings is 1. The van der Waals surface area contributed by atoms with Crippen LogP contribution in [0.4, 0.5) is 0 Å². The Balaban J connectivity index is 1.96. The predicted octanol–water partition coefficient (Wildman–Crippen LogP) is 2.43. The first kappa shape index (κ1) is 13.7. The van der Waals surface area contributed by atoms with Crippen molar-refractivity contribution in [2.75, 3.05) is 5.75 Å². The van der Waals surface area contributed by atoms with E-state index in [1.54, 1.807) is 11.8 Å². The maximum atomic E-state index is 11.6. The van der Waals surface area contributed by atoms with Gasteiger partial charge in [0.25, 0.3) is 0 Å². The Hall–Kier alpha value is -0.710. The molecular weight excluding hydrogens is 268 g/mol. The molecule has 0 radical (unpaired) electrons. The summed E-state index contributed by atoms with van der Waals surface area (Å²) in [6.45, 7) is 1.87. The van der Waals surface area contributed by atoms with Crippen LogP contribution in [0.3, 0.4) is 0 Å². The molecule has 3 N–H and O–H groups in total. The highest BCUT2D eigenvalue weighted by atomic mass is 35.5. The standard InChI is InChI=1S/C13H17ClN2OS/c1-13(12(15)17,16-10-4-5-10)8-18-11-6-2-9(14)3-7-11/h2-3,6-7,10,16H,4-5,8H2,1H3,(H2,15,17). The fourth-order valence-corrected chi connectivity index (χ4v) is 2.76. The first-order valence-corrected chi connectivity index (χ1v) is 7.32. The van der Waals surface area contributed by atoms with E-state index < -0.39 is 5.54 Å². The maximum Gasteiger partial charge on any atom is 0.238 e. The third-order valence-electron chi connectivity index (χ3n) is 2.99. The lowest BCUT2D eigenvalue weighted by Crippen LogP contribution is -2.55. The molecule has 1 fully saturated rings. The van der Waals surface area contributed by atoms with Gasteiger partial charge in [-0.1, -0.05) is 11.6 Å². The summed E-state index contributed by atoms with van der Waals surface area (Å²) in [7, 11) is 0. The van der Waals surface area contributed by atoms with Crippen molar-refractivity contribution in [3.05, 3.63) is 29.3 Å². The number of carbonyl (C=O) groups is 1. The van der Waals surface area contributed by atoms with Gasteiger partial charge < -0.3 is 11.1 Å². The molecule has 0 saturated heterocycles. The number of amides is 1. The molecule has 3 nitrogen and oxygen atoms in total. The normalized spacial score (nSPS) is 18.3. The van der Waals surface area contributed by atoms with Gasteiger partial charge in [0.15, 0.2) is 0 Å². The zero-order valence-electron chi connectivity index (χ0n) is 10.3. The Morgan fingerprint density at radius 2 is 2.11 bits per heavy atom. The molecule has 5 heteroatoms. The summed E-state index contributed by atoms with van der Waals surface area (Å²) in [5.74, 6) is 0.330. The number of nitrogens with one attached hydrogen (secondary N) is 1. The van der Waals surface area contributed by atoms with E-state index in [0.717, 1.165) is 17.7 Å². The first-order chi connectivity index (χ1) is 8.49. The largest absolute Gasteiger partial charge is 0.368 e. The molecule has 98 valence electrons. The van der Waals surface area contributed by atoms with Crippen LogP contribution in [-0.4, -0.2) is 23.2 Å². The quantitative estimate of drug-likeness (QED) is 0.789. The lowest BCUT2D eigenvalue weighted by molar-refractivity contribution is -0.123. The molecule has 0 spiro atoms. The van der Waals surface area contributed by atoms with Crippen LogP contribution < -0.4 is 11.1 Å². The molecule has 1 aliphatic carbocycles. The van der Waals surface area contributed by atoms with E-state index in [9.17, 15) is 4.79 Å². The summed E-state index contributed by atoms with van der Waals surface area (Å²) in [5, 5.41) is 4.04. The van der Waals surface area contributed by atoms with Crippen molar-refractivity contribution in [3.63, 3.8) is 0 Å². The van der Waals surface area contributed by atoms with Crippen LogP contribution in [0.1, 0.15) is 19.8 Å². The van der Waals surface area contributed by atoms with E-state index in [0.29, 0.717) is 16.8 Å². The molecule has 0 aliphatic heterocycles. The zero-order valence-corrected chi connectivity index (χ0v) is 11.9. The highest BCUT2D eigenvalue weighted by Crippen LogP contribution is 2.28. The molecule has 0 aromatic heterocycles. The minimum atomic E-state index is -0.647. The van der Waals surface area contributed by atoms with Crippen molar-refractivity contribution in [2.24, 2.45) is 5.73 Å². The minimum Gasteiger partial charge on any atom is -0.368 e. The van der Waals surface area contributed by atoms with E-state index in [1.807, 2.05) is 31.2 Å². The Kier molecular flexibility index (Phi) is 4.20. The highest BCUT2D eigenvalue weighted by molar-refractivity contribution is 7.99. The Bertz CT molecular complexity index is 433. The molecule has 0 bridgehead atoms. The van der Waals surface area contributed by atoms with Crippen LogP contribution in [0.2, 0.25) is 5.02 Å². The minimum absolute atomic E-state index is 0.295. The average molecular weight is 285 g/mol. The molecule has 1 aliphatic rings. The number of nitrogens with two attached hydrogens (primary N) is 1. The van der Waals surface area contributed by atoms with Gasteiger partial charge in [0, 0.05) is 21.7 Å². The Labute approximate surface area is 116 Å². The van der Waals surface area contributed by atoms with Crippen LogP contribution >= 0.6 is 23.4 Å². The van der Waals surface area contributed by atoms with Crippen molar-refractivity contribution in [3.8, 4) is 0 Å². The lowest BCUT2D eigenvalue weighted by atomic mass is 10.1. The fraction of sp³-hybridized carbons (Fsp3) is 0.462. The molecular formula is C13H17ClN2OS. The third-order valence-corrected chi connectivity index (χ3v) is 4.56. The summed E-state index contributed by atoms with van der Waals surface area (Å²) in [6, 6.07) is 8.05. The molecule has 1 amide bonds. The molecule has 1 aromatic carbocycles. The summed E-state index contributed by atoms with van der Waals surface area (Å²) >= 11 is 7.45. The second kappa shape index (κ2) is 5.51. The van der Waals surface area contributed by atoms with E-state index in [2.05, 4.69) is 5.32 Å². The predicted molar refractivity (Wildman–Crippen MR) is 75.9 cm³/mol. The molecule has 18 heavy (non-hydrogen) atoms. The molecule has 1 aromatic rings. The monoisotopic (exact) mass is 284 g/mol. The number of thioether (sulfide) groups is 1. The summed E-state index contributed by atoms with van der Waals surface area (Å²) in [4.78, 5) is 12.7. The second-order valence-electron chi connectivity index (χ2n) is 4.86. The third kappa shape index (κ3) is 3.64. The van der Waals surface area contributed by atoms with Gasteiger partial charge in [-0.15, -0.1) is 11.8 Å². The van der Waals surface area contributed by atoms with E-state index in [4.69, 9.17) is 17.3 Å². The number of carbonyl (C=O) groups excluding carboxylic acids is 1. The SMILES string of the molecule is CC(CSc1ccc(Cl)cc1)(NC1CC1)C(N)=O. The molecule has 1 atom stereocenters.